The second kappa shape index (κ2) is 14.7. The molecule has 57 heavy (non-hydrogen) atoms. The van der Waals surface area contributed by atoms with E-state index in [2.05, 4.69) is 174 Å². The van der Waals surface area contributed by atoms with Crippen molar-refractivity contribution in [3.8, 4) is 66.4 Å². The standard InChI is InChI=1S/C51H48N4S2/c1-30-12-20-36(21-13-30)46-48(38-24-16-32(3)17-25-38)54(7)50(52-46)44-28-42(34(5)56-44)40-10-9-11-41(40)43-29-45(57-35(43)6)51-53-47(37-22-14-31(2)15-23-37)49(55(51)8)39-26-18-33(4)19-27-39/h12-29H,9-11H2,1-8H3. The molecule has 6 heteroatoms. The summed E-state index contributed by atoms with van der Waals surface area (Å²) in [6.07, 6.45) is 3.33. The van der Waals surface area contributed by atoms with Crippen LogP contribution >= 0.6 is 22.7 Å². The van der Waals surface area contributed by atoms with E-state index >= 15 is 0 Å². The van der Waals surface area contributed by atoms with Crippen LogP contribution in [0.25, 0.3) is 77.6 Å². The van der Waals surface area contributed by atoms with Crippen LogP contribution in [0.5, 0.6) is 0 Å². The minimum Gasteiger partial charge on any atom is -0.326 e. The molecule has 0 saturated heterocycles. The Hall–Kier alpha value is -5.56. The number of thiophene rings is 2. The highest BCUT2D eigenvalue weighted by Gasteiger charge is 2.27. The molecule has 0 aliphatic heterocycles. The molecule has 9 rings (SSSR count). The first-order chi connectivity index (χ1) is 27.5. The molecule has 0 radical (unpaired) electrons. The number of hydrogen-bond acceptors (Lipinski definition) is 4. The molecule has 0 bridgehead atoms. The maximum atomic E-state index is 5.41. The number of benzene rings is 4. The molecule has 0 spiro atoms. The molecule has 284 valence electrons. The number of allylic oxidation sites excluding steroid dienone is 2. The Kier molecular flexibility index (Phi) is 9.58. The summed E-state index contributed by atoms with van der Waals surface area (Å²) < 4.78 is 4.60. The quantitative estimate of drug-likeness (QED) is 0.154. The Balaban J connectivity index is 1.12. The van der Waals surface area contributed by atoms with Gasteiger partial charge in [-0.25, -0.2) is 9.97 Å². The lowest BCUT2D eigenvalue weighted by molar-refractivity contribution is 0.935. The Labute approximate surface area is 344 Å². The lowest BCUT2D eigenvalue weighted by Gasteiger charge is -2.09. The summed E-state index contributed by atoms with van der Waals surface area (Å²) in [7, 11) is 4.35. The molecular weight excluding hydrogens is 733 g/mol. The summed E-state index contributed by atoms with van der Waals surface area (Å²) in [5, 5.41) is 0. The zero-order chi connectivity index (χ0) is 39.5. The third-order valence-electron chi connectivity index (χ3n) is 11.6. The number of aryl methyl sites for hydroxylation is 6. The SMILES string of the molecule is Cc1ccc(-c2nc(-c3cc(C4=C(c5cc(-c6nc(-c7ccc(C)cc7)c(-c7ccc(C)cc7)n6C)sc5C)CCC4)c(C)s3)n(C)c2-c2ccc(C)cc2)cc1. The molecule has 4 heterocycles. The van der Waals surface area contributed by atoms with Gasteiger partial charge < -0.3 is 9.13 Å². The Morgan fingerprint density at radius 2 is 0.754 bits per heavy atom. The molecule has 0 saturated carbocycles. The van der Waals surface area contributed by atoms with Gasteiger partial charge in [0.2, 0.25) is 0 Å². The van der Waals surface area contributed by atoms with Gasteiger partial charge in [0.05, 0.1) is 32.5 Å². The molecule has 1 aliphatic rings. The van der Waals surface area contributed by atoms with E-state index in [0.717, 1.165) is 64.8 Å². The van der Waals surface area contributed by atoms with Crippen LogP contribution in [0.15, 0.2) is 109 Å². The van der Waals surface area contributed by atoms with Gasteiger partial charge in [0, 0.05) is 46.1 Å². The van der Waals surface area contributed by atoms with E-state index in [0.29, 0.717) is 0 Å². The maximum Gasteiger partial charge on any atom is 0.151 e. The van der Waals surface area contributed by atoms with Crippen LogP contribution in [0, 0.1) is 41.5 Å². The molecule has 4 aromatic carbocycles. The van der Waals surface area contributed by atoms with Gasteiger partial charge in [-0.1, -0.05) is 119 Å². The van der Waals surface area contributed by atoms with Crippen LogP contribution in [0.2, 0.25) is 0 Å². The van der Waals surface area contributed by atoms with Crippen LogP contribution < -0.4 is 0 Å². The van der Waals surface area contributed by atoms with Crippen LogP contribution in [-0.4, -0.2) is 19.1 Å². The molecule has 0 N–H and O–H groups in total. The predicted octanol–water partition coefficient (Wildman–Crippen LogP) is 14.2. The van der Waals surface area contributed by atoms with Crippen molar-refractivity contribution in [2.75, 3.05) is 0 Å². The highest BCUT2D eigenvalue weighted by molar-refractivity contribution is 7.16. The first-order valence-electron chi connectivity index (χ1n) is 19.9. The lowest BCUT2D eigenvalue weighted by atomic mass is 9.97. The largest absolute Gasteiger partial charge is 0.326 e. The van der Waals surface area contributed by atoms with Crippen molar-refractivity contribution < 1.29 is 0 Å². The summed E-state index contributed by atoms with van der Waals surface area (Å²) in [5.41, 5.74) is 19.7. The number of imidazole rings is 2. The number of rotatable bonds is 8. The Morgan fingerprint density at radius 3 is 1.09 bits per heavy atom. The molecule has 0 amide bonds. The fraction of sp³-hybridized carbons (Fsp3) is 0.216. The maximum absolute atomic E-state index is 5.41. The number of hydrogen-bond donors (Lipinski definition) is 0. The second-order valence-corrected chi connectivity index (χ2v) is 18.3. The third kappa shape index (κ3) is 6.75. The van der Waals surface area contributed by atoms with Crippen molar-refractivity contribution in [1.82, 2.24) is 19.1 Å². The smallest absolute Gasteiger partial charge is 0.151 e. The van der Waals surface area contributed by atoms with Crippen LogP contribution in [-0.2, 0) is 14.1 Å². The van der Waals surface area contributed by atoms with Crippen molar-refractivity contribution >= 4 is 33.8 Å². The predicted molar refractivity (Wildman–Crippen MR) is 244 cm³/mol. The van der Waals surface area contributed by atoms with E-state index in [1.54, 1.807) is 0 Å². The molecule has 8 aromatic rings. The van der Waals surface area contributed by atoms with Gasteiger partial charge in [-0.05, 0) is 95.2 Å². The zero-order valence-corrected chi connectivity index (χ0v) is 35.8. The first-order valence-corrected chi connectivity index (χ1v) is 21.5. The summed E-state index contributed by atoms with van der Waals surface area (Å²) in [4.78, 5) is 15.9. The van der Waals surface area contributed by atoms with Gasteiger partial charge in [-0.3, -0.25) is 0 Å². The van der Waals surface area contributed by atoms with Crippen LogP contribution in [0.3, 0.4) is 0 Å². The number of aromatic nitrogens is 4. The number of nitrogens with zero attached hydrogens (tertiary/aromatic N) is 4. The summed E-state index contributed by atoms with van der Waals surface area (Å²) in [6.45, 7) is 13.1. The van der Waals surface area contributed by atoms with Gasteiger partial charge in [-0.2, -0.15) is 0 Å². The van der Waals surface area contributed by atoms with Crippen molar-refractivity contribution in [2.24, 2.45) is 14.1 Å². The van der Waals surface area contributed by atoms with Gasteiger partial charge >= 0.3 is 0 Å². The second-order valence-electron chi connectivity index (χ2n) is 15.8. The minimum absolute atomic E-state index is 1.01. The zero-order valence-electron chi connectivity index (χ0n) is 34.1. The average molecular weight is 781 g/mol. The van der Waals surface area contributed by atoms with E-state index in [-0.39, 0.29) is 0 Å². The monoisotopic (exact) mass is 780 g/mol. The van der Waals surface area contributed by atoms with E-state index in [9.17, 15) is 0 Å². The van der Waals surface area contributed by atoms with Crippen molar-refractivity contribution in [3.05, 3.63) is 152 Å². The highest BCUT2D eigenvalue weighted by Crippen LogP contribution is 2.48. The van der Waals surface area contributed by atoms with E-state index in [1.165, 1.54) is 75.2 Å². The van der Waals surface area contributed by atoms with Crippen molar-refractivity contribution in [3.63, 3.8) is 0 Å². The molecule has 4 aromatic heterocycles. The summed E-state index contributed by atoms with van der Waals surface area (Å²) in [5.74, 6) is 2.02. The average Bonchev–Trinajstić information content (AvgIpc) is 4.04. The topological polar surface area (TPSA) is 35.6 Å². The van der Waals surface area contributed by atoms with E-state index < -0.39 is 0 Å². The van der Waals surface area contributed by atoms with Gasteiger partial charge in [0.1, 0.15) is 0 Å². The normalized spacial score (nSPS) is 13.0. The fourth-order valence-corrected chi connectivity index (χ4v) is 10.6. The molecule has 0 atom stereocenters. The Morgan fingerprint density at radius 1 is 0.439 bits per heavy atom. The van der Waals surface area contributed by atoms with E-state index in [4.69, 9.17) is 9.97 Å². The highest BCUT2D eigenvalue weighted by atomic mass is 32.1. The molecule has 1 aliphatic carbocycles. The van der Waals surface area contributed by atoms with Crippen LogP contribution in [0.1, 0.15) is 62.4 Å². The first kappa shape index (κ1) is 37.0. The molecule has 0 unspecified atom stereocenters. The van der Waals surface area contributed by atoms with Crippen molar-refractivity contribution in [1.29, 1.82) is 0 Å². The fourth-order valence-electron chi connectivity index (χ4n) is 8.47. The summed E-state index contributed by atoms with van der Waals surface area (Å²) >= 11 is 3.73. The molecule has 0 fully saturated rings. The van der Waals surface area contributed by atoms with Crippen LogP contribution in [0.4, 0.5) is 0 Å². The lowest BCUT2D eigenvalue weighted by Crippen LogP contribution is -1.95. The Bertz CT molecular complexity index is 2610. The van der Waals surface area contributed by atoms with Gasteiger partial charge in [-0.15, -0.1) is 22.7 Å². The third-order valence-corrected chi connectivity index (χ3v) is 13.7. The van der Waals surface area contributed by atoms with Gasteiger partial charge in [0.15, 0.2) is 11.6 Å². The van der Waals surface area contributed by atoms with E-state index in [1.807, 2.05) is 22.7 Å². The minimum atomic E-state index is 1.01. The molecule has 4 nitrogen and oxygen atoms in total. The molecular formula is C51H48N4S2. The summed E-state index contributed by atoms with van der Waals surface area (Å²) in [6, 6.07) is 40.1. The van der Waals surface area contributed by atoms with Crippen molar-refractivity contribution in [2.45, 2.75) is 60.8 Å². The van der Waals surface area contributed by atoms with Gasteiger partial charge in [0.25, 0.3) is 0 Å².